The third-order valence-corrected chi connectivity index (χ3v) is 6.06. The number of piperidine rings is 1. The molecule has 0 amide bonds. The Morgan fingerprint density at radius 1 is 1.38 bits per heavy atom. The van der Waals surface area contributed by atoms with Gasteiger partial charge in [-0.15, -0.1) is 12.4 Å². The van der Waals surface area contributed by atoms with Crippen LogP contribution in [-0.2, 0) is 10.0 Å². The van der Waals surface area contributed by atoms with Crippen molar-refractivity contribution >= 4 is 38.4 Å². The van der Waals surface area contributed by atoms with Gasteiger partial charge in [0.1, 0.15) is 10.6 Å². The normalized spacial score (nSPS) is 17.3. The van der Waals surface area contributed by atoms with Crippen molar-refractivity contribution in [2.75, 3.05) is 26.7 Å². The van der Waals surface area contributed by atoms with Crippen LogP contribution >= 0.6 is 28.3 Å². The lowest BCUT2D eigenvalue weighted by molar-refractivity contribution is 0.277. The Hall–Kier alpha value is -0.340. The monoisotopic (exact) mass is 398 g/mol. The van der Waals surface area contributed by atoms with Crippen molar-refractivity contribution < 1.29 is 13.2 Å². The van der Waals surface area contributed by atoms with Crippen molar-refractivity contribution in [2.24, 2.45) is 11.7 Å². The fourth-order valence-corrected chi connectivity index (χ4v) is 4.54. The van der Waals surface area contributed by atoms with E-state index in [0.29, 0.717) is 35.8 Å². The first-order valence-corrected chi connectivity index (χ1v) is 8.76. The number of hydrogen-bond donors (Lipinski definition) is 1. The van der Waals surface area contributed by atoms with Crippen LogP contribution in [0.3, 0.4) is 0 Å². The Morgan fingerprint density at radius 2 is 2.00 bits per heavy atom. The summed E-state index contributed by atoms with van der Waals surface area (Å²) >= 11 is 3.31. The summed E-state index contributed by atoms with van der Waals surface area (Å²) in [6.07, 6.45) is 1.62. The maximum Gasteiger partial charge on any atom is 0.246 e. The highest BCUT2D eigenvalue weighted by Crippen LogP contribution is 2.31. The molecular formula is C13H20BrClN2O3S. The number of methoxy groups -OCH3 is 1. The lowest BCUT2D eigenvalue weighted by atomic mass is 9.99. The zero-order valence-electron chi connectivity index (χ0n) is 11.8. The quantitative estimate of drug-likeness (QED) is 0.843. The van der Waals surface area contributed by atoms with Gasteiger partial charge in [0.05, 0.1) is 7.11 Å². The Kier molecular flexibility index (Phi) is 6.93. The number of sulfonamides is 1. The molecule has 1 aromatic rings. The Bertz CT molecular complexity index is 575. The van der Waals surface area contributed by atoms with E-state index in [1.165, 1.54) is 11.4 Å². The van der Waals surface area contributed by atoms with Crippen molar-refractivity contribution in [1.82, 2.24) is 4.31 Å². The van der Waals surface area contributed by atoms with Crippen LogP contribution in [0.5, 0.6) is 5.75 Å². The summed E-state index contributed by atoms with van der Waals surface area (Å²) in [6.45, 7) is 1.65. The molecule has 0 aliphatic carbocycles. The summed E-state index contributed by atoms with van der Waals surface area (Å²) in [5, 5.41) is 0. The van der Waals surface area contributed by atoms with Crippen molar-refractivity contribution in [2.45, 2.75) is 17.7 Å². The number of nitrogens with two attached hydrogens (primary N) is 1. The van der Waals surface area contributed by atoms with Crippen LogP contribution in [0.25, 0.3) is 0 Å². The zero-order valence-corrected chi connectivity index (χ0v) is 15.0. The molecule has 1 aliphatic rings. The topological polar surface area (TPSA) is 72.6 Å². The average Bonchev–Trinajstić information content (AvgIpc) is 2.47. The molecule has 1 heterocycles. The summed E-state index contributed by atoms with van der Waals surface area (Å²) in [4.78, 5) is 0.209. The summed E-state index contributed by atoms with van der Waals surface area (Å²) in [5.41, 5.74) is 5.64. The molecule has 1 saturated heterocycles. The highest BCUT2D eigenvalue weighted by Gasteiger charge is 2.31. The molecule has 0 unspecified atom stereocenters. The molecule has 5 nitrogen and oxygen atoms in total. The SMILES string of the molecule is COc1ccc(Br)cc1S(=O)(=O)N1CCC(CN)CC1.Cl. The summed E-state index contributed by atoms with van der Waals surface area (Å²) < 4.78 is 32.8. The first kappa shape index (κ1) is 18.7. The molecule has 2 N–H and O–H groups in total. The molecule has 0 bridgehead atoms. The minimum Gasteiger partial charge on any atom is -0.495 e. The van der Waals surface area contributed by atoms with Gasteiger partial charge in [0.15, 0.2) is 0 Å². The van der Waals surface area contributed by atoms with E-state index >= 15 is 0 Å². The maximum absolute atomic E-state index is 12.7. The van der Waals surface area contributed by atoms with Gasteiger partial charge in [0.2, 0.25) is 10.0 Å². The van der Waals surface area contributed by atoms with Crippen molar-refractivity contribution in [3.8, 4) is 5.75 Å². The van der Waals surface area contributed by atoms with Crippen LogP contribution in [0.15, 0.2) is 27.6 Å². The lowest BCUT2D eigenvalue weighted by Gasteiger charge is -2.30. The Balaban J connectivity index is 0.00000220. The van der Waals surface area contributed by atoms with Gasteiger partial charge in [-0.05, 0) is 43.5 Å². The average molecular weight is 400 g/mol. The second kappa shape index (κ2) is 7.78. The Labute approximate surface area is 140 Å². The van der Waals surface area contributed by atoms with E-state index in [4.69, 9.17) is 10.5 Å². The first-order chi connectivity index (χ1) is 9.48. The third kappa shape index (κ3) is 4.10. The predicted octanol–water partition coefficient (Wildman–Crippen LogP) is 2.24. The molecule has 0 saturated carbocycles. The fraction of sp³-hybridized carbons (Fsp3) is 0.538. The largest absolute Gasteiger partial charge is 0.495 e. The highest BCUT2D eigenvalue weighted by molar-refractivity contribution is 9.10. The molecule has 0 spiro atoms. The zero-order chi connectivity index (χ0) is 14.8. The highest BCUT2D eigenvalue weighted by atomic mass is 79.9. The van der Waals surface area contributed by atoms with Gasteiger partial charge in [0.25, 0.3) is 0 Å². The van der Waals surface area contributed by atoms with Crippen LogP contribution in [0.4, 0.5) is 0 Å². The summed E-state index contributed by atoms with van der Waals surface area (Å²) in [5.74, 6) is 0.792. The minimum absolute atomic E-state index is 0. The van der Waals surface area contributed by atoms with E-state index in [9.17, 15) is 8.42 Å². The van der Waals surface area contributed by atoms with Crippen LogP contribution in [-0.4, -0.2) is 39.5 Å². The number of benzene rings is 1. The molecule has 2 rings (SSSR count). The van der Waals surface area contributed by atoms with Gasteiger partial charge in [-0.25, -0.2) is 8.42 Å². The molecule has 120 valence electrons. The smallest absolute Gasteiger partial charge is 0.246 e. The summed E-state index contributed by atoms with van der Waals surface area (Å²) in [7, 11) is -2.05. The second-order valence-corrected chi connectivity index (χ2v) is 7.70. The third-order valence-electron chi connectivity index (χ3n) is 3.65. The number of nitrogens with zero attached hydrogens (tertiary/aromatic N) is 1. The van der Waals surface area contributed by atoms with Gasteiger partial charge >= 0.3 is 0 Å². The molecule has 0 radical (unpaired) electrons. The molecule has 1 aromatic carbocycles. The van der Waals surface area contributed by atoms with E-state index in [1.807, 2.05) is 0 Å². The minimum atomic E-state index is -3.52. The van der Waals surface area contributed by atoms with Crippen molar-refractivity contribution in [3.63, 3.8) is 0 Å². The lowest BCUT2D eigenvalue weighted by Crippen LogP contribution is -2.40. The van der Waals surface area contributed by atoms with Crippen molar-refractivity contribution in [3.05, 3.63) is 22.7 Å². The molecule has 1 aliphatic heterocycles. The molecule has 1 fully saturated rings. The van der Waals surface area contributed by atoms with E-state index in [1.54, 1.807) is 18.2 Å². The van der Waals surface area contributed by atoms with Crippen LogP contribution in [0.2, 0.25) is 0 Å². The van der Waals surface area contributed by atoms with Gasteiger partial charge < -0.3 is 10.5 Å². The summed E-state index contributed by atoms with van der Waals surface area (Å²) in [6, 6.07) is 5.01. The van der Waals surface area contributed by atoms with Gasteiger partial charge in [-0.2, -0.15) is 4.31 Å². The first-order valence-electron chi connectivity index (χ1n) is 6.52. The van der Waals surface area contributed by atoms with Crippen LogP contribution in [0, 0.1) is 5.92 Å². The number of hydrogen-bond acceptors (Lipinski definition) is 4. The second-order valence-electron chi connectivity index (χ2n) is 4.88. The van der Waals surface area contributed by atoms with Crippen LogP contribution in [0.1, 0.15) is 12.8 Å². The number of halogens is 2. The molecule has 8 heteroatoms. The maximum atomic E-state index is 12.7. The molecule has 0 atom stereocenters. The number of rotatable bonds is 4. The van der Waals surface area contributed by atoms with Gasteiger partial charge in [-0.3, -0.25) is 0 Å². The Morgan fingerprint density at radius 3 is 2.52 bits per heavy atom. The van der Waals surface area contributed by atoms with Crippen molar-refractivity contribution in [1.29, 1.82) is 0 Å². The van der Waals surface area contributed by atoms with Gasteiger partial charge in [0, 0.05) is 17.6 Å². The molecule has 0 aromatic heterocycles. The van der Waals surface area contributed by atoms with Gasteiger partial charge in [-0.1, -0.05) is 15.9 Å². The van der Waals surface area contributed by atoms with E-state index in [0.717, 1.165) is 12.8 Å². The van der Waals surface area contributed by atoms with E-state index < -0.39 is 10.0 Å². The standard InChI is InChI=1S/C13H19BrN2O3S.ClH/c1-19-12-3-2-11(14)8-13(12)20(17,18)16-6-4-10(9-15)5-7-16;/h2-3,8,10H,4-7,9,15H2,1H3;1H. The predicted molar refractivity (Wildman–Crippen MR) is 88.5 cm³/mol. The van der Waals surface area contributed by atoms with E-state index in [2.05, 4.69) is 15.9 Å². The van der Waals surface area contributed by atoms with Crippen LogP contribution < -0.4 is 10.5 Å². The molecular weight excluding hydrogens is 380 g/mol. The number of ether oxygens (including phenoxy) is 1. The fourth-order valence-electron chi connectivity index (χ4n) is 2.38. The van der Waals surface area contributed by atoms with E-state index in [-0.39, 0.29) is 17.3 Å². The molecule has 21 heavy (non-hydrogen) atoms.